The molecule has 0 aromatic heterocycles. The zero-order chi connectivity index (χ0) is 11.4. The van der Waals surface area contributed by atoms with Crippen molar-refractivity contribution in [1.29, 1.82) is 0 Å². The summed E-state index contributed by atoms with van der Waals surface area (Å²) < 4.78 is 0. The molecule has 0 aliphatic heterocycles. The van der Waals surface area contributed by atoms with E-state index in [2.05, 4.69) is 0 Å². The molecule has 0 amide bonds. The van der Waals surface area contributed by atoms with Crippen LogP contribution in [0.5, 0.6) is 5.75 Å². The van der Waals surface area contributed by atoms with Gasteiger partial charge in [-0.2, -0.15) is 0 Å². The largest absolute Gasteiger partial charge is 0.512 e. The Bertz CT molecular complexity index is 384. The maximum absolute atomic E-state index is 11.2. The van der Waals surface area contributed by atoms with Gasteiger partial charge in [-0.1, -0.05) is 12.1 Å². The number of phenols is 1. The van der Waals surface area contributed by atoms with E-state index in [0.29, 0.717) is 12.0 Å². The molecule has 0 atom stereocenters. The second-order valence-corrected chi connectivity index (χ2v) is 3.46. The van der Waals surface area contributed by atoms with E-state index in [0.717, 1.165) is 5.56 Å². The topological polar surface area (TPSA) is 57.5 Å². The van der Waals surface area contributed by atoms with Crippen LogP contribution in [0.15, 0.2) is 35.6 Å². The summed E-state index contributed by atoms with van der Waals surface area (Å²) in [5.41, 5.74) is 1.28. The highest BCUT2D eigenvalue weighted by Crippen LogP contribution is 2.15. The molecule has 0 radical (unpaired) electrons. The van der Waals surface area contributed by atoms with Gasteiger partial charge in [-0.3, -0.25) is 4.79 Å². The van der Waals surface area contributed by atoms with Crippen molar-refractivity contribution < 1.29 is 15.0 Å². The Balaban J connectivity index is 2.90. The van der Waals surface area contributed by atoms with Crippen molar-refractivity contribution in [3.8, 4) is 5.75 Å². The third kappa shape index (κ3) is 3.13. The van der Waals surface area contributed by atoms with Crippen molar-refractivity contribution >= 4 is 5.78 Å². The molecule has 0 saturated carbocycles. The highest BCUT2D eigenvalue weighted by atomic mass is 16.3. The molecule has 0 fully saturated rings. The number of aromatic hydroxyl groups is 1. The third-order valence-corrected chi connectivity index (χ3v) is 2.18. The number of rotatable bonds is 3. The molecule has 0 unspecified atom stereocenters. The lowest BCUT2D eigenvalue weighted by Gasteiger charge is -2.05. The van der Waals surface area contributed by atoms with E-state index in [1.54, 1.807) is 24.3 Å². The van der Waals surface area contributed by atoms with Gasteiger partial charge in [0.25, 0.3) is 0 Å². The first kappa shape index (κ1) is 11.3. The van der Waals surface area contributed by atoms with Crippen LogP contribution in [-0.2, 0) is 11.2 Å². The van der Waals surface area contributed by atoms with Crippen LogP contribution in [0.3, 0.4) is 0 Å². The smallest absolute Gasteiger partial charge is 0.159 e. The van der Waals surface area contributed by atoms with E-state index >= 15 is 0 Å². The van der Waals surface area contributed by atoms with Crippen molar-refractivity contribution in [2.75, 3.05) is 0 Å². The Morgan fingerprint density at radius 2 is 1.73 bits per heavy atom. The van der Waals surface area contributed by atoms with E-state index < -0.39 is 0 Å². The van der Waals surface area contributed by atoms with E-state index in [1.165, 1.54) is 13.8 Å². The predicted molar refractivity (Wildman–Crippen MR) is 57.8 cm³/mol. The number of hydrogen-bond donors (Lipinski definition) is 2. The SMILES string of the molecule is CC(=O)C(Cc1ccc(O)cc1)=C(C)O. The van der Waals surface area contributed by atoms with Gasteiger partial charge in [0.2, 0.25) is 0 Å². The fourth-order valence-corrected chi connectivity index (χ4v) is 1.33. The van der Waals surface area contributed by atoms with Crippen LogP contribution in [0, 0.1) is 0 Å². The number of allylic oxidation sites excluding steroid dienone is 2. The van der Waals surface area contributed by atoms with Crippen molar-refractivity contribution in [1.82, 2.24) is 0 Å². The molecule has 0 aliphatic rings. The van der Waals surface area contributed by atoms with Crippen LogP contribution in [0.1, 0.15) is 19.4 Å². The summed E-state index contributed by atoms with van der Waals surface area (Å²) in [7, 11) is 0. The van der Waals surface area contributed by atoms with Crippen LogP contribution in [-0.4, -0.2) is 16.0 Å². The number of aliphatic hydroxyl groups is 1. The van der Waals surface area contributed by atoms with Crippen LogP contribution in [0.4, 0.5) is 0 Å². The van der Waals surface area contributed by atoms with Gasteiger partial charge in [-0.05, 0) is 31.5 Å². The number of phenolic OH excluding ortho intramolecular Hbond substituents is 1. The number of carbonyl (C=O) groups is 1. The van der Waals surface area contributed by atoms with Gasteiger partial charge in [-0.15, -0.1) is 0 Å². The molecular formula is C12H14O3. The molecule has 15 heavy (non-hydrogen) atoms. The Labute approximate surface area is 88.7 Å². The Morgan fingerprint density at radius 3 is 2.13 bits per heavy atom. The molecule has 1 aromatic rings. The molecule has 1 rings (SSSR count). The summed E-state index contributed by atoms with van der Waals surface area (Å²) in [5, 5.41) is 18.4. The van der Waals surface area contributed by atoms with Gasteiger partial charge in [0.1, 0.15) is 5.75 Å². The van der Waals surface area contributed by atoms with E-state index in [4.69, 9.17) is 5.11 Å². The normalized spacial score (nSPS) is 12.1. The first-order valence-electron chi connectivity index (χ1n) is 4.68. The van der Waals surface area contributed by atoms with E-state index in [1.807, 2.05) is 0 Å². The lowest BCUT2D eigenvalue weighted by atomic mass is 10.0. The second kappa shape index (κ2) is 4.64. The number of ketones is 1. The molecule has 0 saturated heterocycles. The second-order valence-electron chi connectivity index (χ2n) is 3.46. The van der Waals surface area contributed by atoms with E-state index in [-0.39, 0.29) is 17.3 Å². The summed E-state index contributed by atoms with van der Waals surface area (Å²) >= 11 is 0. The average molecular weight is 206 g/mol. The van der Waals surface area contributed by atoms with Crippen molar-refractivity contribution in [3.63, 3.8) is 0 Å². The van der Waals surface area contributed by atoms with Crippen LogP contribution in [0.25, 0.3) is 0 Å². The fourth-order valence-electron chi connectivity index (χ4n) is 1.33. The molecule has 0 aliphatic carbocycles. The molecule has 0 heterocycles. The molecule has 1 aromatic carbocycles. The maximum atomic E-state index is 11.2. The molecule has 3 heteroatoms. The first-order chi connectivity index (χ1) is 7.00. The summed E-state index contributed by atoms with van der Waals surface area (Å²) in [4.78, 5) is 11.2. The summed E-state index contributed by atoms with van der Waals surface area (Å²) in [5.74, 6) is 0.103. The van der Waals surface area contributed by atoms with Gasteiger partial charge in [0, 0.05) is 12.0 Å². The lowest BCUT2D eigenvalue weighted by Crippen LogP contribution is -2.03. The van der Waals surface area contributed by atoms with Crippen molar-refractivity contribution in [2.24, 2.45) is 0 Å². The molecule has 3 nitrogen and oxygen atoms in total. The Hall–Kier alpha value is -1.77. The van der Waals surface area contributed by atoms with Crippen LogP contribution < -0.4 is 0 Å². The van der Waals surface area contributed by atoms with E-state index in [9.17, 15) is 9.90 Å². The highest BCUT2D eigenvalue weighted by Gasteiger charge is 2.08. The Morgan fingerprint density at radius 1 is 1.20 bits per heavy atom. The highest BCUT2D eigenvalue weighted by molar-refractivity contribution is 5.94. The fraction of sp³-hybridized carbons (Fsp3) is 0.250. The van der Waals surface area contributed by atoms with Gasteiger partial charge >= 0.3 is 0 Å². The molecule has 0 spiro atoms. The Kier molecular flexibility index (Phi) is 3.50. The standard InChI is InChI=1S/C12H14O3/c1-8(13)12(9(2)14)7-10-3-5-11(15)6-4-10/h3-6,13,15H,7H2,1-2H3. The van der Waals surface area contributed by atoms with Gasteiger partial charge < -0.3 is 10.2 Å². The van der Waals surface area contributed by atoms with Gasteiger partial charge in [0.05, 0.1) is 5.76 Å². The predicted octanol–water partition coefficient (Wildman–Crippen LogP) is 2.36. The van der Waals surface area contributed by atoms with Gasteiger partial charge in [0.15, 0.2) is 5.78 Å². The number of hydrogen-bond acceptors (Lipinski definition) is 3. The zero-order valence-corrected chi connectivity index (χ0v) is 8.82. The molecule has 0 bridgehead atoms. The maximum Gasteiger partial charge on any atom is 0.159 e. The van der Waals surface area contributed by atoms with Crippen LogP contribution >= 0.6 is 0 Å². The van der Waals surface area contributed by atoms with Crippen molar-refractivity contribution in [3.05, 3.63) is 41.2 Å². The molecule has 2 N–H and O–H groups in total. The monoisotopic (exact) mass is 206 g/mol. The van der Waals surface area contributed by atoms with Crippen molar-refractivity contribution in [2.45, 2.75) is 20.3 Å². The summed E-state index contributed by atoms with van der Waals surface area (Å²) in [6.07, 6.45) is 0.387. The lowest BCUT2D eigenvalue weighted by molar-refractivity contribution is -0.113. The quantitative estimate of drug-likeness (QED) is 0.589. The summed E-state index contributed by atoms with van der Waals surface area (Å²) in [6, 6.07) is 6.56. The third-order valence-electron chi connectivity index (χ3n) is 2.18. The minimum Gasteiger partial charge on any atom is -0.512 e. The average Bonchev–Trinajstić information content (AvgIpc) is 2.15. The first-order valence-corrected chi connectivity index (χ1v) is 4.68. The number of carbonyl (C=O) groups excluding carboxylic acids is 1. The van der Waals surface area contributed by atoms with Crippen LogP contribution in [0.2, 0.25) is 0 Å². The molecular weight excluding hydrogens is 192 g/mol. The van der Waals surface area contributed by atoms with Gasteiger partial charge in [-0.25, -0.2) is 0 Å². The number of aliphatic hydroxyl groups excluding tert-OH is 1. The molecule has 80 valence electrons. The minimum atomic E-state index is -0.136. The zero-order valence-electron chi connectivity index (χ0n) is 8.82. The number of Topliss-reactive ketones (excluding diaryl/α,β-unsaturated/α-hetero) is 1. The number of benzene rings is 1. The summed E-state index contributed by atoms with van der Waals surface area (Å²) in [6.45, 7) is 2.92. The minimum absolute atomic E-state index is 0.0515.